The fraction of sp³-hybridized carbons (Fsp3) is 0.250. The van der Waals surface area contributed by atoms with E-state index in [0.717, 1.165) is 30.2 Å². The lowest BCUT2D eigenvalue weighted by atomic mass is 10.1. The number of nitrogens with one attached hydrogen (secondary N) is 1. The number of hydrogen-bond donors (Lipinski definition) is 1. The van der Waals surface area contributed by atoms with E-state index in [9.17, 15) is 0 Å². The van der Waals surface area contributed by atoms with Crippen LogP contribution in [0, 0.1) is 0 Å². The number of hydrogen-bond acceptors (Lipinski definition) is 2. The summed E-state index contributed by atoms with van der Waals surface area (Å²) in [5, 5.41) is 4.15. The first-order valence-corrected chi connectivity index (χ1v) is 6.93. The predicted molar refractivity (Wildman–Crippen MR) is 82.2 cm³/mol. The van der Waals surface area contributed by atoms with E-state index < -0.39 is 0 Å². The third kappa shape index (κ3) is 2.54. The first kappa shape index (κ1) is 12.4. The SMILES string of the molecule is CN1CCc2cc(CNc3ccccc3Cl)ccc21. The molecule has 0 amide bonds. The summed E-state index contributed by atoms with van der Waals surface area (Å²) in [6.45, 7) is 1.93. The standard InChI is InChI=1S/C16H17ClN2/c1-19-9-8-13-10-12(6-7-16(13)19)11-18-15-5-3-2-4-14(15)17/h2-7,10,18H,8-9,11H2,1H3. The van der Waals surface area contributed by atoms with Crippen LogP contribution in [0.25, 0.3) is 0 Å². The van der Waals surface area contributed by atoms with E-state index in [2.05, 4.69) is 35.5 Å². The van der Waals surface area contributed by atoms with Crippen LogP contribution in [0.3, 0.4) is 0 Å². The largest absolute Gasteiger partial charge is 0.380 e. The third-order valence-electron chi connectivity index (χ3n) is 3.63. The zero-order valence-corrected chi connectivity index (χ0v) is 11.7. The molecule has 0 aromatic heterocycles. The van der Waals surface area contributed by atoms with Crippen molar-refractivity contribution in [3.05, 3.63) is 58.6 Å². The second-order valence-electron chi connectivity index (χ2n) is 4.97. The van der Waals surface area contributed by atoms with Gasteiger partial charge in [-0.1, -0.05) is 35.9 Å². The zero-order chi connectivity index (χ0) is 13.2. The van der Waals surface area contributed by atoms with E-state index in [4.69, 9.17) is 11.6 Å². The van der Waals surface area contributed by atoms with E-state index in [1.54, 1.807) is 0 Å². The Bertz CT molecular complexity index is 595. The lowest BCUT2D eigenvalue weighted by molar-refractivity contribution is 0.955. The minimum atomic E-state index is 0.767. The molecule has 3 rings (SSSR count). The number of para-hydroxylation sites is 1. The van der Waals surface area contributed by atoms with Gasteiger partial charge in [-0.15, -0.1) is 0 Å². The maximum atomic E-state index is 6.13. The molecule has 0 bridgehead atoms. The number of halogens is 1. The summed E-state index contributed by atoms with van der Waals surface area (Å²) in [7, 11) is 2.15. The molecule has 0 unspecified atom stereocenters. The topological polar surface area (TPSA) is 15.3 Å². The summed E-state index contributed by atoms with van der Waals surface area (Å²) >= 11 is 6.13. The lowest BCUT2D eigenvalue weighted by Gasteiger charge is -2.13. The molecule has 1 aliphatic heterocycles. The molecule has 0 aliphatic carbocycles. The van der Waals surface area contributed by atoms with Gasteiger partial charge in [0.2, 0.25) is 0 Å². The van der Waals surface area contributed by atoms with Gasteiger partial charge >= 0.3 is 0 Å². The fourth-order valence-corrected chi connectivity index (χ4v) is 2.73. The van der Waals surface area contributed by atoms with Gasteiger partial charge in [-0.3, -0.25) is 0 Å². The van der Waals surface area contributed by atoms with Gasteiger partial charge < -0.3 is 10.2 Å². The van der Waals surface area contributed by atoms with E-state index in [1.165, 1.54) is 16.8 Å². The van der Waals surface area contributed by atoms with Gasteiger partial charge in [-0.2, -0.15) is 0 Å². The number of benzene rings is 2. The monoisotopic (exact) mass is 272 g/mol. The van der Waals surface area contributed by atoms with Crippen LogP contribution in [-0.4, -0.2) is 13.6 Å². The molecule has 0 saturated carbocycles. The van der Waals surface area contributed by atoms with Crippen molar-refractivity contribution in [1.29, 1.82) is 0 Å². The summed E-state index contributed by atoms with van der Waals surface area (Å²) in [6.07, 6.45) is 1.14. The van der Waals surface area contributed by atoms with Gasteiger partial charge in [0.15, 0.2) is 0 Å². The van der Waals surface area contributed by atoms with Crippen molar-refractivity contribution in [2.24, 2.45) is 0 Å². The summed E-state index contributed by atoms with van der Waals surface area (Å²) in [5.41, 5.74) is 5.10. The highest BCUT2D eigenvalue weighted by atomic mass is 35.5. The minimum Gasteiger partial charge on any atom is -0.380 e. The normalized spacial score (nSPS) is 13.5. The Morgan fingerprint density at radius 1 is 1.21 bits per heavy atom. The van der Waals surface area contributed by atoms with Crippen LogP contribution < -0.4 is 10.2 Å². The summed E-state index contributed by atoms with van der Waals surface area (Å²) in [4.78, 5) is 2.31. The van der Waals surface area contributed by atoms with Gasteiger partial charge in [0, 0.05) is 25.8 Å². The molecule has 0 atom stereocenters. The number of nitrogens with zero attached hydrogens (tertiary/aromatic N) is 1. The smallest absolute Gasteiger partial charge is 0.0637 e. The van der Waals surface area contributed by atoms with Gasteiger partial charge in [-0.25, -0.2) is 0 Å². The molecule has 1 heterocycles. The fourth-order valence-electron chi connectivity index (χ4n) is 2.53. The Kier molecular flexibility index (Phi) is 3.34. The molecule has 0 saturated heterocycles. The Hall–Kier alpha value is -1.67. The minimum absolute atomic E-state index is 0.767. The van der Waals surface area contributed by atoms with E-state index in [1.807, 2.05) is 24.3 Å². The Labute approximate surface area is 119 Å². The average molecular weight is 273 g/mol. The zero-order valence-electron chi connectivity index (χ0n) is 11.0. The van der Waals surface area contributed by atoms with E-state index in [-0.39, 0.29) is 0 Å². The quantitative estimate of drug-likeness (QED) is 0.910. The van der Waals surface area contributed by atoms with Crippen LogP contribution in [0.1, 0.15) is 11.1 Å². The predicted octanol–water partition coefficient (Wildman–Crippen LogP) is 3.94. The highest BCUT2D eigenvalue weighted by Gasteiger charge is 2.15. The van der Waals surface area contributed by atoms with Crippen molar-refractivity contribution in [1.82, 2.24) is 0 Å². The molecule has 2 nitrogen and oxygen atoms in total. The van der Waals surface area contributed by atoms with Crippen molar-refractivity contribution in [2.75, 3.05) is 23.8 Å². The molecule has 1 aliphatic rings. The maximum absolute atomic E-state index is 6.13. The van der Waals surface area contributed by atoms with Crippen molar-refractivity contribution in [3.8, 4) is 0 Å². The van der Waals surface area contributed by atoms with Crippen LogP contribution in [0.5, 0.6) is 0 Å². The molecule has 2 aromatic carbocycles. The van der Waals surface area contributed by atoms with Gasteiger partial charge in [-0.05, 0) is 35.7 Å². The first-order valence-electron chi connectivity index (χ1n) is 6.55. The van der Waals surface area contributed by atoms with Crippen LogP contribution in [0.4, 0.5) is 11.4 Å². The molecule has 0 fully saturated rings. The van der Waals surface area contributed by atoms with Crippen LogP contribution in [0.2, 0.25) is 5.02 Å². The highest BCUT2D eigenvalue weighted by Crippen LogP contribution is 2.28. The lowest BCUT2D eigenvalue weighted by Crippen LogP contribution is -2.12. The Morgan fingerprint density at radius 2 is 2.05 bits per heavy atom. The summed E-state index contributed by atoms with van der Waals surface area (Å²) in [5.74, 6) is 0. The molecule has 0 spiro atoms. The van der Waals surface area contributed by atoms with Gasteiger partial charge in [0.25, 0.3) is 0 Å². The number of rotatable bonds is 3. The van der Waals surface area contributed by atoms with Gasteiger partial charge in [0.1, 0.15) is 0 Å². The molecule has 98 valence electrons. The number of fused-ring (bicyclic) bond motifs is 1. The average Bonchev–Trinajstić information content (AvgIpc) is 2.79. The molecule has 3 heteroatoms. The van der Waals surface area contributed by atoms with Gasteiger partial charge in [0.05, 0.1) is 10.7 Å². The number of likely N-dealkylation sites (N-methyl/N-ethyl adjacent to an activating group) is 1. The first-order chi connectivity index (χ1) is 9.24. The second-order valence-corrected chi connectivity index (χ2v) is 5.38. The van der Waals surface area contributed by atoms with E-state index in [0.29, 0.717) is 0 Å². The Balaban J connectivity index is 1.73. The highest BCUT2D eigenvalue weighted by molar-refractivity contribution is 6.33. The van der Waals surface area contributed by atoms with Crippen LogP contribution >= 0.6 is 11.6 Å². The third-order valence-corrected chi connectivity index (χ3v) is 3.96. The molecule has 1 N–H and O–H groups in total. The van der Waals surface area contributed by atoms with Crippen molar-refractivity contribution >= 4 is 23.0 Å². The molecule has 0 radical (unpaired) electrons. The maximum Gasteiger partial charge on any atom is 0.0637 e. The molecular weight excluding hydrogens is 256 g/mol. The second kappa shape index (κ2) is 5.14. The Morgan fingerprint density at radius 3 is 2.89 bits per heavy atom. The molecule has 2 aromatic rings. The number of anilines is 2. The van der Waals surface area contributed by atoms with Crippen molar-refractivity contribution in [3.63, 3.8) is 0 Å². The summed E-state index contributed by atoms with van der Waals surface area (Å²) in [6, 6.07) is 14.5. The van der Waals surface area contributed by atoms with Crippen molar-refractivity contribution < 1.29 is 0 Å². The van der Waals surface area contributed by atoms with E-state index >= 15 is 0 Å². The van der Waals surface area contributed by atoms with Crippen molar-refractivity contribution in [2.45, 2.75) is 13.0 Å². The summed E-state index contributed by atoms with van der Waals surface area (Å²) < 4.78 is 0. The van der Waals surface area contributed by atoms with Crippen LogP contribution in [0.15, 0.2) is 42.5 Å². The molecule has 19 heavy (non-hydrogen) atoms. The van der Waals surface area contributed by atoms with Crippen LogP contribution in [-0.2, 0) is 13.0 Å². The molecular formula is C16H17ClN2.